The van der Waals surface area contributed by atoms with Crippen LogP contribution in [-0.2, 0) is 0 Å². The van der Waals surface area contributed by atoms with E-state index >= 15 is 0 Å². The first-order valence-electron chi connectivity index (χ1n) is 8.36. The molecule has 2 aromatic heterocycles. The number of nitrogens with zero attached hydrogens (tertiary/aromatic N) is 1. The molecule has 27 heavy (non-hydrogen) atoms. The first kappa shape index (κ1) is 16.2. The van der Waals surface area contributed by atoms with Gasteiger partial charge in [-0.2, -0.15) is 0 Å². The summed E-state index contributed by atoms with van der Waals surface area (Å²) in [6.07, 6.45) is 0. The molecule has 130 valence electrons. The molecule has 0 amide bonds. The summed E-state index contributed by atoms with van der Waals surface area (Å²) in [5.41, 5.74) is 2.25. The van der Waals surface area contributed by atoms with Crippen molar-refractivity contribution in [3.05, 3.63) is 87.6 Å². The summed E-state index contributed by atoms with van der Waals surface area (Å²) >= 11 is 7.44. The van der Waals surface area contributed by atoms with E-state index in [4.69, 9.17) is 16.0 Å². The molecule has 0 N–H and O–H groups in total. The first-order chi connectivity index (χ1) is 13.2. The topological polar surface area (TPSA) is 43.1 Å². The number of rotatable bonds is 2. The average molecular weight is 390 g/mol. The Morgan fingerprint density at radius 1 is 0.926 bits per heavy atom. The van der Waals surface area contributed by atoms with Gasteiger partial charge in [-0.05, 0) is 35.0 Å². The summed E-state index contributed by atoms with van der Waals surface area (Å²) in [5, 5.41) is 6.45. The van der Waals surface area contributed by atoms with Gasteiger partial charge in [0.2, 0.25) is 0 Å². The second kappa shape index (κ2) is 6.34. The molecule has 0 atom stereocenters. The van der Waals surface area contributed by atoms with Crippen LogP contribution in [0.3, 0.4) is 0 Å². The monoisotopic (exact) mass is 389 g/mol. The van der Waals surface area contributed by atoms with E-state index in [1.807, 2.05) is 72.1 Å². The minimum atomic E-state index is -0.384. The number of aromatic nitrogens is 1. The van der Waals surface area contributed by atoms with Crippen LogP contribution in [0.1, 0.15) is 0 Å². The van der Waals surface area contributed by atoms with Crippen LogP contribution in [0.4, 0.5) is 0 Å². The van der Waals surface area contributed by atoms with Gasteiger partial charge >= 0.3 is 5.63 Å². The molecule has 0 bridgehead atoms. The van der Waals surface area contributed by atoms with Crippen molar-refractivity contribution in [2.75, 3.05) is 0 Å². The third kappa shape index (κ3) is 2.83. The molecule has 0 saturated heterocycles. The van der Waals surface area contributed by atoms with Gasteiger partial charge in [0, 0.05) is 21.4 Å². The van der Waals surface area contributed by atoms with Crippen LogP contribution in [0, 0.1) is 0 Å². The maximum Gasteiger partial charge on any atom is 0.345 e. The zero-order valence-corrected chi connectivity index (χ0v) is 15.6. The molecule has 3 aromatic carbocycles. The third-order valence-corrected chi connectivity index (χ3v) is 5.66. The van der Waals surface area contributed by atoms with Gasteiger partial charge in [0.25, 0.3) is 0 Å². The second-order valence-electron chi connectivity index (χ2n) is 6.19. The first-order valence-corrected chi connectivity index (χ1v) is 9.62. The van der Waals surface area contributed by atoms with E-state index in [0.29, 0.717) is 21.9 Å². The van der Waals surface area contributed by atoms with E-state index < -0.39 is 0 Å². The number of hydrogen-bond donors (Lipinski definition) is 0. The van der Waals surface area contributed by atoms with E-state index in [-0.39, 0.29) is 5.63 Å². The normalized spacial score (nSPS) is 11.3. The van der Waals surface area contributed by atoms with Crippen molar-refractivity contribution in [2.24, 2.45) is 0 Å². The van der Waals surface area contributed by atoms with Crippen molar-refractivity contribution in [1.29, 1.82) is 0 Å². The number of thiazole rings is 1. The fourth-order valence-electron chi connectivity index (χ4n) is 3.17. The second-order valence-corrected chi connectivity index (χ2v) is 7.49. The number of benzene rings is 3. The molecule has 0 radical (unpaired) electrons. The summed E-state index contributed by atoms with van der Waals surface area (Å²) in [6.45, 7) is 0. The molecule has 5 aromatic rings. The van der Waals surface area contributed by atoms with Crippen molar-refractivity contribution in [1.82, 2.24) is 4.98 Å². The molecule has 2 heterocycles. The van der Waals surface area contributed by atoms with Gasteiger partial charge < -0.3 is 4.42 Å². The van der Waals surface area contributed by atoms with Gasteiger partial charge in [-0.3, -0.25) is 0 Å². The third-order valence-electron chi connectivity index (χ3n) is 4.51. The van der Waals surface area contributed by atoms with Crippen LogP contribution in [-0.4, -0.2) is 4.98 Å². The Bertz CT molecular complexity index is 1350. The highest BCUT2D eigenvalue weighted by Crippen LogP contribution is 2.31. The lowest BCUT2D eigenvalue weighted by molar-refractivity contribution is 0.563. The Kier molecular flexibility index (Phi) is 3.81. The molecule has 0 fully saturated rings. The molecular weight excluding hydrogens is 378 g/mol. The Labute approximate surface area is 163 Å². The van der Waals surface area contributed by atoms with Gasteiger partial charge in [-0.15, -0.1) is 11.3 Å². The van der Waals surface area contributed by atoms with Crippen LogP contribution < -0.4 is 5.63 Å². The summed E-state index contributed by atoms with van der Waals surface area (Å²) in [5.74, 6) is 0. The van der Waals surface area contributed by atoms with Crippen molar-refractivity contribution >= 4 is 44.7 Å². The van der Waals surface area contributed by atoms with Gasteiger partial charge in [0.1, 0.15) is 10.6 Å². The smallest absolute Gasteiger partial charge is 0.345 e. The van der Waals surface area contributed by atoms with Crippen LogP contribution >= 0.6 is 22.9 Å². The summed E-state index contributed by atoms with van der Waals surface area (Å²) in [4.78, 5) is 17.2. The molecule has 0 spiro atoms. The molecule has 5 rings (SSSR count). The molecule has 0 aliphatic rings. The van der Waals surface area contributed by atoms with Crippen LogP contribution in [0.5, 0.6) is 0 Å². The molecule has 0 aliphatic carbocycles. The highest BCUT2D eigenvalue weighted by Gasteiger charge is 2.14. The molecule has 0 unspecified atom stereocenters. The number of fused-ring (bicyclic) bond motifs is 3. The van der Waals surface area contributed by atoms with Crippen LogP contribution in [0.2, 0.25) is 5.02 Å². The van der Waals surface area contributed by atoms with E-state index in [1.165, 1.54) is 11.3 Å². The zero-order valence-electron chi connectivity index (χ0n) is 14.0. The quantitative estimate of drug-likeness (QED) is 0.259. The summed E-state index contributed by atoms with van der Waals surface area (Å²) < 4.78 is 5.58. The van der Waals surface area contributed by atoms with Crippen LogP contribution in [0.25, 0.3) is 43.6 Å². The Hall–Kier alpha value is -2.95. The fourth-order valence-corrected chi connectivity index (χ4v) is 4.12. The molecular formula is C22H12ClNO2S. The van der Waals surface area contributed by atoms with Crippen LogP contribution in [0.15, 0.2) is 81.3 Å². The average Bonchev–Trinajstić information content (AvgIpc) is 3.17. The maximum atomic E-state index is 12.5. The summed E-state index contributed by atoms with van der Waals surface area (Å²) in [6, 6.07) is 21.2. The highest BCUT2D eigenvalue weighted by atomic mass is 35.5. The predicted octanol–water partition coefficient (Wildman–Crippen LogP) is 6.39. The minimum absolute atomic E-state index is 0.384. The SMILES string of the molecule is O=c1oc2ccc3ccccc3c2cc1-c1csc(-c2ccc(Cl)cc2)n1. The number of halogens is 1. The highest BCUT2D eigenvalue weighted by molar-refractivity contribution is 7.13. The van der Waals surface area contributed by atoms with Crippen molar-refractivity contribution in [2.45, 2.75) is 0 Å². The van der Waals surface area contributed by atoms with Crippen molar-refractivity contribution < 1.29 is 4.42 Å². The van der Waals surface area contributed by atoms with Gasteiger partial charge in [-0.1, -0.05) is 54.1 Å². The van der Waals surface area contributed by atoms with E-state index in [2.05, 4.69) is 4.98 Å². The lowest BCUT2D eigenvalue weighted by atomic mass is 10.0. The van der Waals surface area contributed by atoms with E-state index in [1.54, 1.807) is 0 Å². The van der Waals surface area contributed by atoms with Gasteiger partial charge in [0.15, 0.2) is 0 Å². The van der Waals surface area contributed by atoms with Crippen molar-refractivity contribution in [3.63, 3.8) is 0 Å². The largest absolute Gasteiger partial charge is 0.422 e. The Balaban J connectivity index is 1.69. The van der Waals surface area contributed by atoms with Gasteiger partial charge in [0.05, 0.1) is 11.3 Å². The molecule has 0 aliphatic heterocycles. The van der Waals surface area contributed by atoms with E-state index in [0.717, 1.165) is 26.7 Å². The summed E-state index contributed by atoms with van der Waals surface area (Å²) in [7, 11) is 0. The molecule has 3 nitrogen and oxygen atoms in total. The number of hydrogen-bond acceptors (Lipinski definition) is 4. The lowest BCUT2D eigenvalue weighted by Crippen LogP contribution is -2.03. The lowest BCUT2D eigenvalue weighted by Gasteiger charge is -2.04. The minimum Gasteiger partial charge on any atom is -0.422 e. The molecule has 0 saturated carbocycles. The fraction of sp³-hybridized carbons (Fsp3) is 0. The Morgan fingerprint density at radius 3 is 2.59 bits per heavy atom. The van der Waals surface area contributed by atoms with Crippen molar-refractivity contribution in [3.8, 4) is 21.8 Å². The maximum absolute atomic E-state index is 12.5. The zero-order chi connectivity index (χ0) is 18.4. The Morgan fingerprint density at radius 2 is 1.74 bits per heavy atom. The van der Waals surface area contributed by atoms with Gasteiger partial charge in [-0.25, -0.2) is 9.78 Å². The van der Waals surface area contributed by atoms with E-state index in [9.17, 15) is 4.79 Å². The molecule has 5 heteroatoms. The standard InChI is InChI=1S/C22H12ClNO2S/c23-15-8-5-14(6-9-15)21-24-19(12-27-21)18-11-17-16-4-2-1-3-13(16)7-10-20(17)26-22(18)25/h1-12H. The predicted molar refractivity (Wildman–Crippen MR) is 112 cm³/mol.